The second-order valence-corrected chi connectivity index (χ2v) is 7.68. The maximum atomic E-state index is 12.9. The lowest BCUT2D eigenvalue weighted by molar-refractivity contribution is 0.0607. The first-order valence-corrected chi connectivity index (χ1v) is 9.34. The van der Waals surface area contributed by atoms with E-state index < -0.39 is 0 Å². The molecule has 0 saturated carbocycles. The second-order valence-electron chi connectivity index (χ2n) is 7.68. The Morgan fingerprint density at radius 2 is 1.92 bits per heavy atom. The molecule has 1 aromatic heterocycles. The van der Waals surface area contributed by atoms with Crippen molar-refractivity contribution in [1.29, 1.82) is 0 Å². The Balaban J connectivity index is 1.64. The van der Waals surface area contributed by atoms with Crippen LogP contribution in [0, 0.1) is 19.8 Å². The van der Waals surface area contributed by atoms with Crippen molar-refractivity contribution in [2.24, 2.45) is 5.92 Å². The van der Waals surface area contributed by atoms with Gasteiger partial charge in [-0.2, -0.15) is 0 Å². The predicted octanol–water partition coefficient (Wildman–Crippen LogP) is 1.09. The smallest absolute Gasteiger partial charge is 0.261 e. The third-order valence-corrected chi connectivity index (χ3v) is 5.65. The number of nitrogens with zero attached hydrogens (tertiary/aromatic N) is 3. The van der Waals surface area contributed by atoms with Crippen LogP contribution in [0.3, 0.4) is 0 Å². The van der Waals surface area contributed by atoms with E-state index in [1.54, 1.807) is 6.07 Å². The molecule has 0 aromatic carbocycles. The average molecular weight is 346 g/mol. The van der Waals surface area contributed by atoms with Gasteiger partial charge in [0.1, 0.15) is 5.56 Å². The highest BCUT2D eigenvalue weighted by Gasteiger charge is 2.28. The van der Waals surface area contributed by atoms with E-state index in [-0.39, 0.29) is 17.0 Å². The topological polar surface area (TPSA) is 59.7 Å². The Kier molecular flexibility index (Phi) is 5.59. The Hall–Kier alpha value is -1.66. The third kappa shape index (κ3) is 4.30. The van der Waals surface area contributed by atoms with E-state index in [1.165, 1.54) is 6.42 Å². The molecule has 0 radical (unpaired) electrons. The van der Waals surface area contributed by atoms with Crippen LogP contribution < -0.4 is 5.56 Å². The summed E-state index contributed by atoms with van der Waals surface area (Å²) in [6, 6.07) is 1.74. The fourth-order valence-electron chi connectivity index (χ4n) is 3.85. The van der Waals surface area contributed by atoms with Gasteiger partial charge in [0.05, 0.1) is 0 Å². The molecule has 1 atom stereocenters. The zero-order valence-electron chi connectivity index (χ0n) is 15.7. The maximum absolute atomic E-state index is 12.9. The molecule has 2 fully saturated rings. The van der Waals surface area contributed by atoms with Crippen molar-refractivity contribution < 1.29 is 4.79 Å². The van der Waals surface area contributed by atoms with E-state index in [1.807, 2.05) is 18.7 Å². The first-order valence-electron chi connectivity index (χ1n) is 9.34. The van der Waals surface area contributed by atoms with Gasteiger partial charge < -0.3 is 19.7 Å². The lowest BCUT2D eigenvalue weighted by Gasteiger charge is -2.38. The molecule has 1 amide bonds. The minimum atomic E-state index is -0.269. The fraction of sp³-hybridized carbons (Fsp3) is 0.684. The number of carbonyl (C=O) groups is 1. The molecule has 1 aromatic rings. The largest absolute Gasteiger partial charge is 0.338 e. The van der Waals surface area contributed by atoms with Crippen LogP contribution in [0.5, 0.6) is 0 Å². The van der Waals surface area contributed by atoms with Crippen molar-refractivity contribution in [3.05, 3.63) is 33.2 Å². The molecule has 2 aliphatic rings. The SMILES string of the molecule is Cc1cc(C(=O)N2CCCC(CN3CCN(C)CC3)C2)c(=O)[nH]c1C. The minimum Gasteiger partial charge on any atom is -0.338 e. The summed E-state index contributed by atoms with van der Waals surface area (Å²) in [5.41, 5.74) is 1.79. The molecule has 138 valence electrons. The van der Waals surface area contributed by atoms with Gasteiger partial charge in [0.2, 0.25) is 0 Å². The highest BCUT2D eigenvalue weighted by Crippen LogP contribution is 2.20. The maximum Gasteiger partial charge on any atom is 0.261 e. The highest BCUT2D eigenvalue weighted by atomic mass is 16.2. The number of aryl methyl sites for hydroxylation is 2. The molecule has 1 N–H and O–H groups in total. The number of carbonyl (C=O) groups excluding carboxylic acids is 1. The molecule has 0 spiro atoms. The molecule has 3 rings (SSSR count). The van der Waals surface area contributed by atoms with Crippen LogP contribution in [0.25, 0.3) is 0 Å². The van der Waals surface area contributed by atoms with Crippen LogP contribution in [0.2, 0.25) is 0 Å². The van der Waals surface area contributed by atoms with Gasteiger partial charge in [0.15, 0.2) is 0 Å². The van der Waals surface area contributed by atoms with Crippen LogP contribution in [-0.2, 0) is 0 Å². The van der Waals surface area contributed by atoms with Gasteiger partial charge in [-0.3, -0.25) is 9.59 Å². The van der Waals surface area contributed by atoms with E-state index in [4.69, 9.17) is 0 Å². The number of aromatic nitrogens is 1. The van der Waals surface area contributed by atoms with Gasteiger partial charge in [-0.25, -0.2) is 0 Å². The summed E-state index contributed by atoms with van der Waals surface area (Å²) in [5.74, 6) is 0.388. The molecule has 1 unspecified atom stereocenters. The molecule has 0 bridgehead atoms. The summed E-state index contributed by atoms with van der Waals surface area (Å²) in [7, 11) is 2.17. The van der Waals surface area contributed by atoms with Crippen LogP contribution in [0.4, 0.5) is 0 Å². The second kappa shape index (κ2) is 7.70. The molecule has 2 aliphatic heterocycles. The van der Waals surface area contributed by atoms with Gasteiger partial charge in [-0.05, 0) is 51.3 Å². The highest BCUT2D eigenvalue weighted by molar-refractivity contribution is 5.94. The van der Waals surface area contributed by atoms with Crippen LogP contribution in [0.1, 0.15) is 34.5 Å². The van der Waals surface area contributed by atoms with E-state index in [2.05, 4.69) is 21.8 Å². The van der Waals surface area contributed by atoms with Gasteiger partial charge in [0.25, 0.3) is 11.5 Å². The fourth-order valence-corrected chi connectivity index (χ4v) is 3.85. The summed E-state index contributed by atoms with van der Waals surface area (Å²) in [6.45, 7) is 10.8. The number of hydrogen-bond acceptors (Lipinski definition) is 4. The standard InChI is InChI=1S/C19H30N4O2/c1-14-11-17(18(24)20-15(14)2)19(25)23-6-4-5-16(13-23)12-22-9-7-21(3)8-10-22/h11,16H,4-10,12-13H2,1-3H3,(H,20,24). The van der Waals surface area contributed by atoms with Gasteiger partial charge >= 0.3 is 0 Å². The number of likely N-dealkylation sites (N-methyl/N-ethyl adjacent to an activating group) is 1. The molecule has 6 nitrogen and oxygen atoms in total. The lowest BCUT2D eigenvalue weighted by atomic mass is 9.96. The number of piperidine rings is 1. The van der Waals surface area contributed by atoms with Crippen molar-refractivity contribution in [2.75, 3.05) is 52.9 Å². The third-order valence-electron chi connectivity index (χ3n) is 5.65. The minimum absolute atomic E-state index is 0.118. The van der Waals surface area contributed by atoms with Crippen molar-refractivity contribution in [3.8, 4) is 0 Å². The summed E-state index contributed by atoms with van der Waals surface area (Å²) in [5, 5.41) is 0. The number of aromatic amines is 1. The summed E-state index contributed by atoms with van der Waals surface area (Å²) in [6.07, 6.45) is 2.19. The van der Waals surface area contributed by atoms with Crippen molar-refractivity contribution in [1.82, 2.24) is 19.7 Å². The molecule has 0 aliphatic carbocycles. The van der Waals surface area contributed by atoms with E-state index in [0.29, 0.717) is 5.92 Å². The normalized spacial score (nSPS) is 23.0. The van der Waals surface area contributed by atoms with E-state index in [9.17, 15) is 9.59 Å². The first kappa shape index (κ1) is 18.1. The van der Waals surface area contributed by atoms with Gasteiger partial charge in [0, 0.05) is 51.5 Å². The van der Waals surface area contributed by atoms with Crippen LogP contribution >= 0.6 is 0 Å². The number of hydrogen-bond donors (Lipinski definition) is 1. The average Bonchev–Trinajstić information content (AvgIpc) is 2.60. The number of piperazine rings is 1. The van der Waals surface area contributed by atoms with E-state index >= 15 is 0 Å². The Morgan fingerprint density at radius 1 is 1.20 bits per heavy atom. The number of amides is 1. The van der Waals surface area contributed by atoms with Crippen molar-refractivity contribution in [2.45, 2.75) is 26.7 Å². The number of H-pyrrole nitrogens is 1. The molecule has 6 heteroatoms. The van der Waals surface area contributed by atoms with Gasteiger partial charge in [-0.1, -0.05) is 0 Å². The summed E-state index contributed by atoms with van der Waals surface area (Å²) in [4.78, 5) is 34.6. The molecule has 3 heterocycles. The lowest BCUT2D eigenvalue weighted by Crippen LogP contribution is -2.49. The zero-order valence-corrected chi connectivity index (χ0v) is 15.7. The Bertz CT molecular complexity index is 676. The monoisotopic (exact) mass is 346 g/mol. The number of rotatable bonds is 3. The zero-order chi connectivity index (χ0) is 18.0. The molecular formula is C19H30N4O2. The summed E-state index contributed by atoms with van der Waals surface area (Å²) >= 11 is 0. The number of likely N-dealkylation sites (tertiary alicyclic amines) is 1. The molecular weight excluding hydrogens is 316 g/mol. The van der Waals surface area contributed by atoms with E-state index in [0.717, 1.165) is 63.5 Å². The number of nitrogens with one attached hydrogen (secondary N) is 1. The van der Waals surface area contributed by atoms with Gasteiger partial charge in [-0.15, -0.1) is 0 Å². The number of pyridine rings is 1. The Morgan fingerprint density at radius 3 is 2.64 bits per heavy atom. The predicted molar refractivity (Wildman–Crippen MR) is 99.1 cm³/mol. The van der Waals surface area contributed by atoms with Crippen molar-refractivity contribution >= 4 is 5.91 Å². The molecule has 2 saturated heterocycles. The first-order chi connectivity index (χ1) is 11.9. The van der Waals surface area contributed by atoms with Crippen molar-refractivity contribution in [3.63, 3.8) is 0 Å². The quantitative estimate of drug-likeness (QED) is 0.890. The van der Waals surface area contributed by atoms with Crippen LogP contribution in [-0.4, -0.2) is 78.5 Å². The summed E-state index contributed by atoms with van der Waals surface area (Å²) < 4.78 is 0. The molecule has 25 heavy (non-hydrogen) atoms. The van der Waals surface area contributed by atoms with Crippen LogP contribution in [0.15, 0.2) is 10.9 Å². The Labute approximate surface area is 149 Å².